The highest BCUT2D eigenvalue weighted by Crippen LogP contribution is 2.51. The second-order valence-corrected chi connectivity index (χ2v) is 11.9. The molecule has 49 heavy (non-hydrogen) atoms. The standard InChI is InChI=1S/C33H33F6N3O7/c1-6-7-19-13-20(31(47,32(34,35)36)33(37,38)39)8-10-25(19)49-26-14-23(43)22(12-18(26)4)24(44)16-42-28(45)30(5,41-29(42)46)27-11-9-21(15-40-27)48-17(2)3/h8-15,17,43,47H,6-7,16H2,1-5H3,(H,41,46). The molecular weight excluding hydrogens is 664 g/mol. The van der Waals surface area contributed by atoms with E-state index in [1.807, 2.05) is 13.8 Å². The number of aromatic hydroxyl groups is 1. The summed E-state index contributed by atoms with van der Waals surface area (Å²) < 4.78 is 92.2. The van der Waals surface area contributed by atoms with E-state index in [1.165, 1.54) is 32.2 Å². The number of nitrogens with one attached hydrogen (secondary N) is 1. The summed E-state index contributed by atoms with van der Waals surface area (Å²) in [5.41, 5.74) is -8.18. The first kappa shape index (κ1) is 37.0. The monoisotopic (exact) mass is 697 g/mol. The normalized spacial score (nSPS) is 17.0. The van der Waals surface area contributed by atoms with Gasteiger partial charge in [0.25, 0.3) is 11.5 Å². The number of halogens is 6. The summed E-state index contributed by atoms with van der Waals surface area (Å²) in [6.07, 6.45) is -10.6. The number of urea groups is 1. The highest BCUT2D eigenvalue weighted by Gasteiger charge is 2.71. The van der Waals surface area contributed by atoms with Crippen LogP contribution in [-0.2, 0) is 22.4 Å². The fourth-order valence-corrected chi connectivity index (χ4v) is 5.25. The SMILES string of the molecule is CCCc1cc(C(O)(C(F)(F)F)C(F)(F)F)ccc1Oc1cc(O)c(C(=O)CN2C(=O)NC(C)(c3ccc(OC(C)C)cn3)C2=O)cc1C. The van der Waals surface area contributed by atoms with E-state index >= 15 is 0 Å². The molecule has 3 amide bonds. The van der Waals surface area contributed by atoms with Crippen LogP contribution in [-0.4, -0.2) is 62.8 Å². The summed E-state index contributed by atoms with van der Waals surface area (Å²) >= 11 is 0. The Kier molecular flexibility index (Phi) is 9.97. The van der Waals surface area contributed by atoms with E-state index in [4.69, 9.17) is 9.47 Å². The van der Waals surface area contributed by atoms with Gasteiger partial charge in [0.15, 0.2) is 11.3 Å². The molecule has 1 aromatic heterocycles. The predicted octanol–water partition coefficient (Wildman–Crippen LogP) is 6.59. The lowest BCUT2D eigenvalue weighted by Gasteiger charge is -2.33. The number of aromatic nitrogens is 1. The number of aliphatic hydroxyl groups is 1. The van der Waals surface area contributed by atoms with Gasteiger partial charge in [-0.3, -0.25) is 19.5 Å². The maximum Gasteiger partial charge on any atom is 0.430 e. The molecule has 264 valence electrons. The molecule has 2 aromatic carbocycles. The molecule has 3 N–H and O–H groups in total. The molecule has 16 heteroatoms. The van der Waals surface area contributed by atoms with Crippen molar-refractivity contribution in [2.45, 2.75) is 77.1 Å². The summed E-state index contributed by atoms with van der Waals surface area (Å²) in [4.78, 5) is 44.3. The third-order valence-corrected chi connectivity index (χ3v) is 7.83. The van der Waals surface area contributed by atoms with Crippen LogP contribution in [0, 0.1) is 6.92 Å². The number of ether oxygens (including phenoxy) is 2. The number of phenolic OH excluding ortho intramolecular Hbond substituents is 1. The van der Waals surface area contributed by atoms with Crippen molar-refractivity contribution >= 4 is 17.7 Å². The molecule has 1 aliphatic rings. The number of carbonyl (C=O) groups excluding carboxylic acids is 3. The molecule has 1 aliphatic heterocycles. The van der Waals surface area contributed by atoms with E-state index < -0.39 is 59.1 Å². The summed E-state index contributed by atoms with van der Waals surface area (Å²) in [5, 5.41) is 23.1. The lowest BCUT2D eigenvalue weighted by Crippen LogP contribution is -2.53. The minimum atomic E-state index is -6.08. The molecule has 0 saturated carbocycles. The summed E-state index contributed by atoms with van der Waals surface area (Å²) in [6.45, 7) is 7.38. The quantitative estimate of drug-likeness (QED) is 0.116. The summed E-state index contributed by atoms with van der Waals surface area (Å²) in [6, 6.07) is 6.24. The number of rotatable bonds is 11. The van der Waals surface area contributed by atoms with Crippen molar-refractivity contribution in [1.82, 2.24) is 15.2 Å². The number of pyridine rings is 1. The molecule has 1 fully saturated rings. The number of amides is 3. The van der Waals surface area contributed by atoms with Crippen molar-refractivity contribution in [3.8, 4) is 23.0 Å². The molecule has 0 spiro atoms. The second kappa shape index (κ2) is 13.2. The fourth-order valence-electron chi connectivity index (χ4n) is 5.25. The van der Waals surface area contributed by atoms with Crippen molar-refractivity contribution in [3.05, 3.63) is 76.6 Å². The van der Waals surface area contributed by atoms with Gasteiger partial charge >= 0.3 is 18.4 Å². The molecule has 10 nitrogen and oxygen atoms in total. The number of benzene rings is 2. The maximum absolute atomic E-state index is 13.5. The Morgan fingerprint density at radius 2 is 1.67 bits per heavy atom. The Labute approximate surface area is 276 Å². The van der Waals surface area contributed by atoms with Gasteiger partial charge in [0.1, 0.15) is 23.0 Å². The van der Waals surface area contributed by atoms with Gasteiger partial charge in [-0.1, -0.05) is 19.4 Å². The molecule has 1 saturated heterocycles. The lowest BCUT2D eigenvalue weighted by molar-refractivity contribution is -0.376. The maximum atomic E-state index is 13.5. The molecular formula is C33H33F6N3O7. The van der Waals surface area contributed by atoms with Gasteiger partial charge in [0.05, 0.1) is 30.1 Å². The lowest BCUT2D eigenvalue weighted by atomic mass is 9.90. The van der Waals surface area contributed by atoms with Crippen molar-refractivity contribution in [2.75, 3.05) is 6.54 Å². The van der Waals surface area contributed by atoms with Crippen LogP contribution in [0.3, 0.4) is 0 Å². The van der Waals surface area contributed by atoms with Crippen molar-refractivity contribution in [1.29, 1.82) is 0 Å². The average molecular weight is 698 g/mol. The Morgan fingerprint density at radius 3 is 2.22 bits per heavy atom. The number of aryl methyl sites for hydroxylation is 2. The molecule has 3 aromatic rings. The largest absolute Gasteiger partial charge is 0.507 e. The number of alkyl halides is 6. The van der Waals surface area contributed by atoms with Gasteiger partial charge in [-0.25, -0.2) is 4.79 Å². The van der Waals surface area contributed by atoms with Gasteiger partial charge in [-0.2, -0.15) is 26.3 Å². The molecule has 4 rings (SSSR count). The van der Waals surface area contributed by atoms with E-state index in [2.05, 4.69) is 10.3 Å². The predicted molar refractivity (Wildman–Crippen MR) is 161 cm³/mol. The first-order valence-corrected chi connectivity index (χ1v) is 14.9. The number of Topliss-reactive ketones (excluding diaryl/α,β-unsaturated/α-hetero) is 1. The minimum absolute atomic E-state index is 0.0349. The van der Waals surface area contributed by atoms with Crippen molar-refractivity contribution < 1.29 is 60.4 Å². The number of nitrogens with zero attached hydrogens (tertiary/aromatic N) is 2. The minimum Gasteiger partial charge on any atom is -0.507 e. The number of ketones is 1. The van der Waals surface area contributed by atoms with Crippen LogP contribution in [0.2, 0.25) is 0 Å². The van der Waals surface area contributed by atoms with E-state index in [9.17, 15) is 50.9 Å². The van der Waals surface area contributed by atoms with Crippen LogP contribution < -0.4 is 14.8 Å². The number of hydrogen-bond acceptors (Lipinski definition) is 8. The first-order valence-electron chi connectivity index (χ1n) is 14.9. The molecule has 1 unspecified atom stereocenters. The third-order valence-electron chi connectivity index (χ3n) is 7.83. The van der Waals surface area contributed by atoms with E-state index in [1.54, 1.807) is 13.0 Å². The van der Waals surface area contributed by atoms with Gasteiger partial charge < -0.3 is 25.0 Å². The average Bonchev–Trinajstić information content (AvgIpc) is 3.21. The Hall–Kier alpha value is -4.86. The smallest absolute Gasteiger partial charge is 0.430 e. The van der Waals surface area contributed by atoms with Crippen molar-refractivity contribution in [3.63, 3.8) is 0 Å². The zero-order valence-electron chi connectivity index (χ0n) is 26.9. The highest BCUT2D eigenvalue weighted by atomic mass is 19.4. The van der Waals surface area contributed by atoms with Crippen LogP contribution in [0.25, 0.3) is 0 Å². The molecule has 1 atom stereocenters. The van der Waals surface area contributed by atoms with Gasteiger partial charge in [-0.15, -0.1) is 0 Å². The number of phenols is 1. The van der Waals surface area contributed by atoms with E-state index in [-0.39, 0.29) is 52.8 Å². The molecule has 0 bridgehead atoms. The topological polar surface area (TPSA) is 138 Å². The first-order chi connectivity index (χ1) is 22.6. The van der Waals surface area contributed by atoms with Crippen LogP contribution in [0.5, 0.6) is 23.0 Å². The van der Waals surface area contributed by atoms with Crippen molar-refractivity contribution in [2.24, 2.45) is 0 Å². The second-order valence-electron chi connectivity index (χ2n) is 11.9. The Morgan fingerprint density at radius 1 is 1.02 bits per heavy atom. The Bertz CT molecular complexity index is 1750. The van der Waals surface area contributed by atoms with Crippen LogP contribution in [0.4, 0.5) is 31.1 Å². The third kappa shape index (κ3) is 7.00. The van der Waals surface area contributed by atoms with E-state index in [0.29, 0.717) is 22.8 Å². The highest BCUT2D eigenvalue weighted by molar-refractivity contribution is 6.11. The molecule has 0 radical (unpaired) electrons. The van der Waals surface area contributed by atoms with Gasteiger partial charge in [-0.05, 0) is 75.6 Å². The zero-order chi connectivity index (χ0) is 36.7. The summed E-state index contributed by atoms with van der Waals surface area (Å²) in [7, 11) is 0. The zero-order valence-corrected chi connectivity index (χ0v) is 26.9. The van der Waals surface area contributed by atoms with E-state index in [0.717, 1.165) is 12.1 Å². The Balaban J connectivity index is 1.57. The van der Waals surface area contributed by atoms with Crippen LogP contribution in [0.15, 0.2) is 48.7 Å². The van der Waals surface area contributed by atoms with Crippen LogP contribution in [0.1, 0.15) is 66.9 Å². The van der Waals surface area contributed by atoms with Crippen LogP contribution >= 0.6 is 0 Å². The van der Waals surface area contributed by atoms with Gasteiger partial charge in [0, 0.05) is 11.6 Å². The molecule has 2 heterocycles. The molecule has 0 aliphatic carbocycles. The number of hydrogen-bond donors (Lipinski definition) is 3. The van der Waals surface area contributed by atoms with Gasteiger partial charge in [0.2, 0.25) is 0 Å². The summed E-state index contributed by atoms with van der Waals surface area (Å²) in [5.74, 6) is -2.06. The number of carbonyl (C=O) groups is 3. The fraction of sp³-hybridized carbons (Fsp3) is 0.394. The number of imide groups is 1.